The van der Waals surface area contributed by atoms with Gasteiger partial charge in [0.1, 0.15) is 16.9 Å². The number of anilines is 3. The molecule has 7 heterocycles. The number of fused-ring (bicyclic) bond motifs is 2. The average molecular weight is 961 g/mol. The first-order chi connectivity index (χ1) is 32.6. The van der Waals surface area contributed by atoms with Crippen LogP contribution in [-0.2, 0) is 20.9 Å². The summed E-state index contributed by atoms with van der Waals surface area (Å²) in [6.45, 7) is 6.36. The maximum Gasteiger partial charge on any atom is 0.293 e. The van der Waals surface area contributed by atoms with Gasteiger partial charge in [0, 0.05) is 67.9 Å². The number of ether oxygens (including phenoxy) is 1. The van der Waals surface area contributed by atoms with Gasteiger partial charge in [-0.1, -0.05) is 17.7 Å². The number of halogens is 4. The highest BCUT2D eigenvalue weighted by Crippen LogP contribution is 2.40. The number of aromatic nitrogens is 3. The summed E-state index contributed by atoms with van der Waals surface area (Å²) in [6, 6.07) is 8.45. The van der Waals surface area contributed by atoms with Crippen molar-refractivity contribution in [1.29, 1.82) is 0 Å². The second kappa shape index (κ2) is 19.3. The number of carbonyl (C=O) groups is 4. The van der Waals surface area contributed by atoms with E-state index < -0.39 is 41.5 Å². The molecule has 0 radical (unpaired) electrons. The maximum absolute atomic E-state index is 16.1. The molecule has 2 unspecified atom stereocenters. The van der Waals surface area contributed by atoms with Crippen LogP contribution in [0, 0.1) is 11.7 Å². The molecule has 4 saturated heterocycles. The Kier molecular flexibility index (Phi) is 13.4. The zero-order valence-electron chi connectivity index (χ0n) is 38.3. The Morgan fingerprint density at radius 1 is 0.985 bits per heavy atom. The molecule has 4 fully saturated rings. The number of imide groups is 1. The minimum atomic E-state index is -2.92. The quantitative estimate of drug-likeness (QED) is 0.150. The molecule has 5 aliphatic heterocycles. The number of likely N-dealkylation sites (N-methyl/N-ethyl adjacent to an activating group) is 1. The fourth-order valence-electron chi connectivity index (χ4n) is 10.7. The number of hydrogen-bond donors (Lipinski definition) is 3. The third kappa shape index (κ3) is 9.48. The standard InChI is InChI=1S/C48H56ClF3N10O6/c1-27(2)62-36-7-4-31(20-30(36)21-38(46(62)67)68-25-41(64)53-3)55-43-35(49)22-54-47(57-43)60-16-10-28(11-17-60)23-58-15-14-39(48(51,52)26-58)59-18-12-29(13-19-59)32-5-6-33-34(42(32)50)24-61(45(33)66)37-8-9-40(63)56-44(37)65/h4-7,20-22,27-29,37,39H,8-19,23-26H2,1-3H3,(H,53,64)(H,54,55,57)(H,56,63,65). The Morgan fingerprint density at radius 3 is 2.46 bits per heavy atom. The molecule has 0 saturated carbocycles. The van der Waals surface area contributed by atoms with Crippen LogP contribution in [0.25, 0.3) is 10.9 Å². The number of alkyl halides is 2. The summed E-state index contributed by atoms with van der Waals surface area (Å²) in [6.07, 6.45) is 4.75. The van der Waals surface area contributed by atoms with E-state index in [1.165, 1.54) is 11.9 Å². The first kappa shape index (κ1) is 47.3. The second-order valence-corrected chi connectivity index (χ2v) is 19.3. The lowest BCUT2D eigenvalue weighted by molar-refractivity contribution is -0.137. The molecule has 2 atom stereocenters. The first-order valence-electron chi connectivity index (χ1n) is 23.5. The number of likely N-dealkylation sites (tertiary alicyclic amines) is 2. The molecule has 0 bridgehead atoms. The third-order valence-electron chi connectivity index (χ3n) is 14.3. The molecule has 362 valence electrons. The molecular weight excluding hydrogens is 905 g/mol. The number of nitrogens with zero attached hydrogens (tertiary/aromatic N) is 7. The van der Waals surface area contributed by atoms with Gasteiger partial charge in [0.15, 0.2) is 18.2 Å². The van der Waals surface area contributed by atoms with Gasteiger partial charge in [0.2, 0.25) is 17.8 Å². The Hall–Kier alpha value is -5.79. The van der Waals surface area contributed by atoms with Crippen LogP contribution in [0.1, 0.15) is 92.2 Å². The number of carbonyl (C=O) groups excluding carboxylic acids is 4. The zero-order chi connectivity index (χ0) is 48.0. The van der Waals surface area contributed by atoms with Crippen molar-refractivity contribution < 1.29 is 37.1 Å². The molecule has 0 spiro atoms. The van der Waals surface area contributed by atoms with Crippen molar-refractivity contribution in [3.05, 3.63) is 80.5 Å². The highest BCUT2D eigenvalue weighted by atomic mass is 35.5. The van der Waals surface area contributed by atoms with Gasteiger partial charge < -0.3 is 29.7 Å². The summed E-state index contributed by atoms with van der Waals surface area (Å²) in [7, 11) is 1.49. The molecule has 16 nitrogen and oxygen atoms in total. The molecule has 4 amide bonds. The van der Waals surface area contributed by atoms with Crippen LogP contribution < -0.4 is 31.1 Å². The molecule has 5 aliphatic rings. The first-order valence-corrected chi connectivity index (χ1v) is 23.8. The van der Waals surface area contributed by atoms with E-state index in [-0.39, 0.29) is 78.8 Å². The highest BCUT2D eigenvalue weighted by Gasteiger charge is 2.49. The van der Waals surface area contributed by atoms with Crippen LogP contribution in [0.15, 0.2) is 47.4 Å². The molecule has 68 heavy (non-hydrogen) atoms. The normalized spacial score (nSPS) is 21.9. The Labute approximate surface area is 396 Å². The van der Waals surface area contributed by atoms with Crippen LogP contribution in [0.5, 0.6) is 5.75 Å². The Balaban J connectivity index is 0.766. The number of hydrogen-bond acceptors (Lipinski definition) is 12. The second-order valence-electron chi connectivity index (χ2n) is 18.9. The topological polar surface area (TPSA) is 174 Å². The summed E-state index contributed by atoms with van der Waals surface area (Å²) < 4.78 is 55.3. The van der Waals surface area contributed by atoms with Crippen molar-refractivity contribution >= 4 is 63.6 Å². The van der Waals surface area contributed by atoms with Crippen LogP contribution in [0.3, 0.4) is 0 Å². The SMILES string of the molecule is CNC(=O)COc1cc2cc(Nc3nc(N4CCC(CN5CCC(N6CCC(c7ccc8c(c7F)CN(C7CCC(=O)NC7=O)C8=O)CC6)C(F)(F)C5)CC4)ncc3Cl)ccc2n(C(C)C)c1=O. The minimum absolute atomic E-state index is 0.0540. The molecule has 3 N–H and O–H groups in total. The van der Waals surface area contributed by atoms with Gasteiger partial charge in [-0.15, -0.1) is 0 Å². The number of rotatable bonds is 12. The lowest BCUT2D eigenvalue weighted by Crippen LogP contribution is -2.60. The Bertz CT molecular complexity index is 2690. The minimum Gasteiger partial charge on any atom is -0.478 e. The van der Waals surface area contributed by atoms with Crippen molar-refractivity contribution in [1.82, 2.24) is 39.9 Å². The molecule has 2 aromatic carbocycles. The number of nitrogens with one attached hydrogen (secondary N) is 3. The lowest BCUT2D eigenvalue weighted by atomic mass is 9.85. The summed E-state index contributed by atoms with van der Waals surface area (Å²) in [5.74, 6) is -4.15. The Morgan fingerprint density at radius 2 is 1.75 bits per heavy atom. The molecule has 4 aromatic rings. The highest BCUT2D eigenvalue weighted by molar-refractivity contribution is 6.33. The van der Waals surface area contributed by atoms with E-state index >= 15 is 13.2 Å². The van der Waals surface area contributed by atoms with Crippen molar-refractivity contribution in [3.63, 3.8) is 0 Å². The van der Waals surface area contributed by atoms with Gasteiger partial charge in [-0.05, 0) is 113 Å². The number of amides is 4. The van der Waals surface area contributed by atoms with Crippen LogP contribution in [0.4, 0.5) is 30.6 Å². The van der Waals surface area contributed by atoms with Crippen molar-refractivity contribution in [2.24, 2.45) is 5.92 Å². The molecule has 20 heteroatoms. The van der Waals surface area contributed by atoms with Crippen LogP contribution in [0.2, 0.25) is 5.02 Å². The fourth-order valence-corrected chi connectivity index (χ4v) is 10.8. The average Bonchev–Trinajstić information content (AvgIpc) is 3.65. The predicted molar refractivity (Wildman–Crippen MR) is 249 cm³/mol. The van der Waals surface area contributed by atoms with E-state index in [0.717, 1.165) is 12.8 Å². The molecule has 0 aliphatic carbocycles. The van der Waals surface area contributed by atoms with Crippen LogP contribution >= 0.6 is 11.6 Å². The molecule has 2 aromatic heterocycles. The molecular formula is C48H56ClF3N10O6. The van der Waals surface area contributed by atoms with E-state index in [2.05, 4.69) is 25.8 Å². The maximum atomic E-state index is 16.1. The summed E-state index contributed by atoms with van der Waals surface area (Å²) in [5, 5.41) is 9.06. The largest absolute Gasteiger partial charge is 0.478 e. The van der Waals surface area contributed by atoms with Crippen LogP contribution in [-0.4, -0.2) is 130 Å². The van der Waals surface area contributed by atoms with Gasteiger partial charge in [0.05, 0.1) is 30.8 Å². The van der Waals surface area contributed by atoms with E-state index in [0.29, 0.717) is 97.5 Å². The zero-order valence-corrected chi connectivity index (χ0v) is 39.1. The monoisotopic (exact) mass is 960 g/mol. The summed E-state index contributed by atoms with van der Waals surface area (Å²) in [5.41, 5.74) is 1.95. The fraction of sp³-hybridized carbons (Fsp3) is 0.521. The number of piperidine rings is 4. The van der Waals surface area contributed by atoms with Gasteiger partial charge in [-0.3, -0.25) is 39.1 Å². The molecule has 9 rings (SSSR count). The predicted octanol–water partition coefficient (Wildman–Crippen LogP) is 5.60. The number of pyridine rings is 1. The van der Waals surface area contributed by atoms with E-state index in [1.807, 2.05) is 41.8 Å². The van der Waals surface area contributed by atoms with E-state index in [9.17, 15) is 24.0 Å². The van der Waals surface area contributed by atoms with Gasteiger partial charge in [-0.25, -0.2) is 18.2 Å². The third-order valence-corrected chi connectivity index (χ3v) is 14.6. The van der Waals surface area contributed by atoms with Crippen molar-refractivity contribution in [3.8, 4) is 5.75 Å². The smallest absolute Gasteiger partial charge is 0.293 e. The van der Waals surface area contributed by atoms with Gasteiger partial charge in [-0.2, -0.15) is 4.98 Å². The van der Waals surface area contributed by atoms with E-state index in [1.54, 1.807) is 29.0 Å². The summed E-state index contributed by atoms with van der Waals surface area (Å²) >= 11 is 6.58. The van der Waals surface area contributed by atoms with Gasteiger partial charge >= 0.3 is 0 Å². The lowest BCUT2D eigenvalue weighted by Gasteiger charge is -2.46. The van der Waals surface area contributed by atoms with E-state index in [4.69, 9.17) is 21.3 Å². The van der Waals surface area contributed by atoms with Gasteiger partial charge in [0.25, 0.3) is 23.3 Å². The van der Waals surface area contributed by atoms with Crippen molar-refractivity contribution in [2.75, 3.05) is 69.7 Å². The summed E-state index contributed by atoms with van der Waals surface area (Å²) in [4.78, 5) is 78.9. The number of benzene rings is 2. The van der Waals surface area contributed by atoms with Crippen molar-refractivity contribution in [2.45, 2.75) is 95.3 Å².